The Morgan fingerprint density at radius 3 is 1.20 bits per heavy atom. The van der Waals surface area contributed by atoms with Crippen LogP contribution in [0.15, 0.2) is 134 Å². The highest BCUT2D eigenvalue weighted by atomic mass is 32.2. The molecule has 4 rings (SSSR count). The van der Waals surface area contributed by atoms with Gasteiger partial charge in [0, 0.05) is 12.6 Å². The average Bonchev–Trinajstić information content (AvgIpc) is 3.07. The summed E-state index contributed by atoms with van der Waals surface area (Å²) in [4.78, 5) is 2.59. The molecule has 4 nitrogen and oxygen atoms in total. The predicted octanol–water partition coefficient (Wildman–Crippen LogP) is 8.38. The summed E-state index contributed by atoms with van der Waals surface area (Å²) in [6.07, 6.45) is 16.1. The summed E-state index contributed by atoms with van der Waals surface area (Å²) in [5.74, 6) is -0.117. The van der Waals surface area contributed by atoms with E-state index in [1.807, 2.05) is 0 Å². The normalized spacial score (nSPS) is 11.9. The van der Waals surface area contributed by atoms with Gasteiger partial charge in [0.05, 0.1) is 5.75 Å². The lowest BCUT2D eigenvalue weighted by atomic mass is 10.1. The molecule has 0 spiro atoms. The molecule has 4 aromatic rings. The van der Waals surface area contributed by atoms with Crippen molar-refractivity contribution in [3.63, 3.8) is 0 Å². The van der Waals surface area contributed by atoms with Crippen molar-refractivity contribution >= 4 is 47.2 Å². The zero-order chi connectivity index (χ0) is 31.6. The monoisotopic (exact) mass is 659 g/mol. The number of rotatable bonds is 20. The molecular formula is C38H47NO3P2S. The van der Waals surface area contributed by atoms with Crippen molar-refractivity contribution in [1.29, 1.82) is 0 Å². The first kappa shape index (κ1) is 35.1. The summed E-state index contributed by atoms with van der Waals surface area (Å²) in [5.41, 5.74) is 0. The van der Waals surface area contributed by atoms with Crippen molar-refractivity contribution in [1.82, 2.24) is 4.90 Å². The van der Waals surface area contributed by atoms with E-state index in [0.717, 1.165) is 38.3 Å². The van der Waals surface area contributed by atoms with Gasteiger partial charge in [0.25, 0.3) is 10.1 Å². The van der Waals surface area contributed by atoms with Gasteiger partial charge in [0.15, 0.2) is 0 Å². The topological polar surface area (TPSA) is 57.6 Å². The van der Waals surface area contributed by atoms with E-state index in [1.165, 1.54) is 46.9 Å². The molecule has 0 unspecified atom stereocenters. The Balaban J connectivity index is 1.42. The highest BCUT2D eigenvalue weighted by Gasteiger charge is 2.21. The summed E-state index contributed by atoms with van der Waals surface area (Å²) >= 11 is 0. The summed E-state index contributed by atoms with van der Waals surface area (Å²) < 4.78 is 30.6. The van der Waals surface area contributed by atoms with Crippen LogP contribution in [0.25, 0.3) is 0 Å². The Morgan fingerprint density at radius 2 is 0.844 bits per heavy atom. The van der Waals surface area contributed by atoms with E-state index < -0.39 is 26.0 Å². The molecule has 0 saturated heterocycles. The Morgan fingerprint density at radius 1 is 0.511 bits per heavy atom. The van der Waals surface area contributed by atoms with E-state index in [-0.39, 0.29) is 5.75 Å². The molecular weight excluding hydrogens is 612 g/mol. The molecule has 0 aromatic heterocycles. The molecule has 0 radical (unpaired) electrons. The SMILES string of the molecule is O=S(=O)(O)CCCCCCCCCCC=CN(CP(c1ccccc1)c1ccccc1)CP(c1ccccc1)c1ccccc1. The van der Waals surface area contributed by atoms with Gasteiger partial charge in [-0.3, -0.25) is 4.55 Å². The highest BCUT2D eigenvalue weighted by molar-refractivity contribution is 7.85. The van der Waals surface area contributed by atoms with E-state index in [1.54, 1.807) is 0 Å². The summed E-state index contributed by atoms with van der Waals surface area (Å²) in [5, 5.41) is 5.61. The largest absolute Gasteiger partial charge is 0.368 e. The van der Waals surface area contributed by atoms with Gasteiger partial charge in [-0.1, -0.05) is 166 Å². The van der Waals surface area contributed by atoms with Crippen LogP contribution in [0.2, 0.25) is 0 Å². The predicted molar refractivity (Wildman–Crippen MR) is 197 cm³/mol. The second-order valence-electron chi connectivity index (χ2n) is 11.4. The number of hydrogen-bond acceptors (Lipinski definition) is 3. The van der Waals surface area contributed by atoms with E-state index in [2.05, 4.69) is 139 Å². The number of hydrogen-bond donors (Lipinski definition) is 1. The molecule has 0 atom stereocenters. The summed E-state index contributed by atoms with van der Waals surface area (Å²) in [6, 6.07) is 44.0. The molecule has 4 aromatic carbocycles. The number of unbranched alkanes of at least 4 members (excludes halogenated alkanes) is 8. The number of benzene rings is 4. The fourth-order valence-corrected chi connectivity index (χ4v) is 10.6. The van der Waals surface area contributed by atoms with Gasteiger partial charge in [-0.15, -0.1) is 0 Å². The Labute approximate surface area is 273 Å². The second kappa shape index (κ2) is 19.6. The molecule has 0 fully saturated rings. The van der Waals surface area contributed by atoms with Crippen LogP contribution in [0.5, 0.6) is 0 Å². The number of nitrogens with zero attached hydrogens (tertiary/aromatic N) is 1. The van der Waals surface area contributed by atoms with Crippen molar-refractivity contribution in [3.05, 3.63) is 134 Å². The first-order valence-electron chi connectivity index (χ1n) is 16.1. The van der Waals surface area contributed by atoms with Crippen molar-refractivity contribution in [2.75, 3.05) is 18.3 Å². The van der Waals surface area contributed by atoms with Gasteiger partial charge >= 0.3 is 0 Å². The fraction of sp³-hybridized carbons (Fsp3) is 0.316. The van der Waals surface area contributed by atoms with Crippen LogP contribution in [0.4, 0.5) is 0 Å². The Kier molecular flexibility index (Phi) is 15.3. The van der Waals surface area contributed by atoms with Gasteiger partial charge < -0.3 is 4.90 Å². The minimum Gasteiger partial charge on any atom is -0.368 e. The molecule has 0 aliphatic rings. The maximum Gasteiger partial charge on any atom is 0.264 e. The maximum absolute atomic E-state index is 10.8. The van der Waals surface area contributed by atoms with Crippen LogP contribution < -0.4 is 21.2 Å². The van der Waals surface area contributed by atoms with Crippen LogP contribution >= 0.6 is 15.8 Å². The van der Waals surface area contributed by atoms with Crippen molar-refractivity contribution in [3.8, 4) is 0 Å². The molecule has 0 bridgehead atoms. The van der Waals surface area contributed by atoms with Crippen LogP contribution in [0, 0.1) is 0 Å². The number of allylic oxidation sites excluding steroid dienone is 1. The van der Waals surface area contributed by atoms with E-state index in [0.29, 0.717) is 6.42 Å². The molecule has 45 heavy (non-hydrogen) atoms. The van der Waals surface area contributed by atoms with Gasteiger partial charge in [0.1, 0.15) is 0 Å². The van der Waals surface area contributed by atoms with Gasteiger partial charge in [-0.25, -0.2) is 0 Å². The molecule has 0 amide bonds. The maximum atomic E-state index is 10.8. The van der Waals surface area contributed by atoms with Gasteiger partial charge in [-0.2, -0.15) is 8.42 Å². The minimum absolute atomic E-state index is 0.117. The van der Waals surface area contributed by atoms with Crippen molar-refractivity contribution in [2.24, 2.45) is 0 Å². The molecule has 1 N–H and O–H groups in total. The Hall–Kier alpha value is -2.81. The first-order valence-corrected chi connectivity index (χ1v) is 20.8. The smallest absolute Gasteiger partial charge is 0.264 e. The lowest BCUT2D eigenvalue weighted by Crippen LogP contribution is -2.28. The molecule has 7 heteroatoms. The third-order valence-corrected chi connectivity index (χ3v) is 13.5. The second-order valence-corrected chi connectivity index (χ2v) is 17.3. The van der Waals surface area contributed by atoms with E-state index in [9.17, 15) is 8.42 Å². The lowest BCUT2D eigenvalue weighted by molar-refractivity contribution is 0.478. The summed E-state index contributed by atoms with van der Waals surface area (Å²) in [7, 11) is -4.95. The van der Waals surface area contributed by atoms with Crippen molar-refractivity contribution < 1.29 is 13.0 Å². The fourth-order valence-electron chi connectivity index (χ4n) is 5.39. The van der Waals surface area contributed by atoms with E-state index in [4.69, 9.17) is 4.55 Å². The quantitative estimate of drug-likeness (QED) is 0.0589. The lowest BCUT2D eigenvalue weighted by Gasteiger charge is -2.31. The van der Waals surface area contributed by atoms with Crippen LogP contribution in [-0.2, 0) is 10.1 Å². The zero-order valence-corrected chi connectivity index (χ0v) is 28.8. The average molecular weight is 660 g/mol. The molecule has 0 aliphatic carbocycles. The third-order valence-electron chi connectivity index (χ3n) is 7.76. The Bertz CT molecular complexity index is 1320. The van der Waals surface area contributed by atoms with Gasteiger partial charge in [-0.05, 0) is 62.5 Å². The third kappa shape index (κ3) is 13.2. The minimum atomic E-state index is -3.82. The summed E-state index contributed by atoms with van der Waals surface area (Å²) in [6.45, 7) is 0. The van der Waals surface area contributed by atoms with Crippen LogP contribution in [0.1, 0.15) is 57.8 Å². The highest BCUT2D eigenvalue weighted by Crippen LogP contribution is 2.39. The van der Waals surface area contributed by atoms with Crippen LogP contribution in [0.3, 0.4) is 0 Å². The van der Waals surface area contributed by atoms with Gasteiger partial charge in [0.2, 0.25) is 0 Å². The first-order chi connectivity index (χ1) is 22.0. The van der Waals surface area contributed by atoms with Crippen LogP contribution in [-0.4, -0.2) is 36.2 Å². The molecule has 238 valence electrons. The zero-order valence-electron chi connectivity index (χ0n) is 26.2. The molecule has 0 aliphatic heterocycles. The van der Waals surface area contributed by atoms with Crippen molar-refractivity contribution in [2.45, 2.75) is 57.8 Å². The molecule has 0 saturated carbocycles. The standard InChI is InChI=1S/C38H47NO3P2S/c40-45(41,42)32-22-8-6-4-2-1-3-5-7-21-31-39(33-43(35-23-13-9-14-24-35)36-25-15-10-16-26-36)34-44(37-27-17-11-18-28-37)38-29-19-12-20-30-38/h9-21,23-31H,1-8,22,32-34H2,(H,40,41,42). The van der Waals surface area contributed by atoms with E-state index >= 15 is 0 Å². The molecule has 0 heterocycles.